The van der Waals surface area contributed by atoms with E-state index in [9.17, 15) is 4.79 Å². The van der Waals surface area contributed by atoms with Gasteiger partial charge in [0.25, 0.3) is 5.91 Å². The summed E-state index contributed by atoms with van der Waals surface area (Å²) in [6.45, 7) is 1.73. The highest BCUT2D eigenvalue weighted by atomic mass is 35.5. The van der Waals surface area contributed by atoms with Crippen molar-refractivity contribution in [3.05, 3.63) is 70.3 Å². The summed E-state index contributed by atoms with van der Waals surface area (Å²) in [7, 11) is 1.76. The van der Waals surface area contributed by atoms with Crippen LogP contribution in [0.15, 0.2) is 42.6 Å². The predicted molar refractivity (Wildman–Crippen MR) is 136 cm³/mol. The Morgan fingerprint density at radius 1 is 1.22 bits per heavy atom. The summed E-state index contributed by atoms with van der Waals surface area (Å²) in [5.41, 5.74) is 15.0. The molecule has 0 aliphatic heterocycles. The summed E-state index contributed by atoms with van der Waals surface area (Å²) in [4.78, 5) is 26.4. The molecule has 3 aromatic heterocycles. The summed E-state index contributed by atoms with van der Waals surface area (Å²) < 4.78 is 1.60. The van der Waals surface area contributed by atoms with Crippen LogP contribution in [0.3, 0.4) is 0 Å². The van der Waals surface area contributed by atoms with Crippen molar-refractivity contribution in [3.8, 4) is 28.7 Å². The number of pyridine rings is 1. The molecule has 0 radical (unpaired) electrons. The summed E-state index contributed by atoms with van der Waals surface area (Å²) in [6.07, 6.45) is 2.81. The van der Waals surface area contributed by atoms with E-state index in [0.29, 0.717) is 28.2 Å². The van der Waals surface area contributed by atoms with Crippen LogP contribution in [-0.4, -0.2) is 36.9 Å². The number of halogens is 1. The minimum atomic E-state index is -0.584. The van der Waals surface area contributed by atoms with Gasteiger partial charge in [0.1, 0.15) is 23.2 Å². The molecule has 11 nitrogen and oxygen atoms in total. The van der Waals surface area contributed by atoms with Gasteiger partial charge in [-0.2, -0.15) is 10.4 Å². The maximum absolute atomic E-state index is 13.2. The van der Waals surface area contributed by atoms with Crippen LogP contribution in [0.5, 0.6) is 0 Å². The van der Waals surface area contributed by atoms with Crippen LogP contribution < -0.4 is 16.8 Å². The summed E-state index contributed by atoms with van der Waals surface area (Å²) in [5, 5.41) is 24.2. The molecule has 0 fully saturated rings. The number of aromatic nitrogens is 5. The third kappa shape index (κ3) is 4.70. The molecule has 0 bridgehead atoms. The van der Waals surface area contributed by atoms with Gasteiger partial charge in [-0.3, -0.25) is 9.48 Å². The number of nitrogens with one attached hydrogen (secondary N) is 2. The van der Waals surface area contributed by atoms with Crippen molar-refractivity contribution in [2.24, 2.45) is 7.05 Å². The number of hydrogen-bond acceptors (Lipinski definition) is 9. The maximum atomic E-state index is 13.2. The molecule has 3 heterocycles. The Hall–Kier alpha value is -4.82. The number of amides is 1. The van der Waals surface area contributed by atoms with E-state index in [-0.39, 0.29) is 33.6 Å². The fourth-order valence-electron chi connectivity index (χ4n) is 3.53. The topological polar surface area (TPSA) is 185 Å². The number of nitrogens with two attached hydrogens (primary N) is 2. The van der Waals surface area contributed by atoms with E-state index in [1.807, 2.05) is 6.07 Å². The third-order valence-corrected chi connectivity index (χ3v) is 5.67. The lowest BCUT2D eigenvalue weighted by Gasteiger charge is -2.16. The van der Waals surface area contributed by atoms with E-state index in [1.54, 1.807) is 61.2 Å². The molecule has 0 saturated heterocycles. The lowest BCUT2D eigenvalue weighted by atomic mass is 10.0. The van der Waals surface area contributed by atoms with Gasteiger partial charge in [-0.15, -0.1) is 0 Å². The fourth-order valence-corrected chi connectivity index (χ4v) is 3.75. The van der Waals surface area contributed by atoms with Gasteiger partial charge < -0.3 is 22.2 Å². The first-order valence-corrected chi connectivity index (χ1v) is 11.0. The van der Waals surface area contributed by atoms with Gasteiger partial charge in [0, 0.05) is 30.6 Å². The Labute approximate surface area is 211 Å². The Balaban J connectivity index is 1.81. The summed E-state index contributed by atoms with van der Waals surface area (Å²) in [6, 6.07) is 11.3. The molecular formula is C24H21ClN10O. The van der Waals surface area contributed by atoms with Crippen LogP contribution in [0.1, 0.15) is 40.4 Å². The molecule has 1 amide bonds. The Kier molecular flexibility index (Phi) is 6.62. The highest BCUT2D eigenvalue weighted by Gasteiger charge is 2.23. The molecule has 0 spiro atoms. The van der Waals surface area contributed by atoms with Gasteiger partial charge in [0.2, 0.25) is 0 Å². The molecule has 6 N–H and O–H groups in total. The number of benzene rings is 1. The Morgan fingerprint density at radius 3 is 2.67 bits per heavy atom. The second-order valence-electron chi connectivity index (χ2n) is 7.89. The molecule has 0 saturated carbocycles. The van der Waals surface area contributed by atoms with Gasteiger partial charge in [-0.25, -0.2) is 15.0 Å². The maximum Gasteiger partial charge on any atom is 0.274 e. The van der Waals surface area contributed by atoms with E-state index in [2.05, 4.69) is 25.4 Å². The van der Waals surface area contributed by atoms with E-state index >= 15 is 0 Å². The van der Waals surface area contributed by atoms with Crippen LogP contribution in [-0.2, 0) is 7.05 Å². The number of nitriles is 1. The standard InChI is InChI=1S/C24H21ClN10O/c1-12(17-5-3-4-15(11-27)31-17)30-24(36)22-23(29)33-21(18-6-7-35(2)34-18)20(32-22)13-8-14(10-26)19(28)16(25)9-13/h3-10,12,26H,28H2,1-2H3,(H2,29,33)(H,30,36). The first-order chi connectivity index (χ1) is 17.2. The first-order valence-electron chi connectivity index (χ1n) is 10.7. The van der Waals surface area contributed by atoms with E-state index in [0.717, 1.165) is 6.21 Å². The monoisotopic (exact) mass is 500 g/mol. The van der Waals surface area contributed by atoms with Gasteiger partial charge in [-0.1, -0.05) is 17.7 Å². The number of nitrogens with zero attached hydrogens (tertiary/aromatic N) is 6. The largest absolute Gasteiger partial charge is 0.397 e. The van der Waals surface area contributed by atoms with Crippen LogP contribution in [0.4, 0.5) is 11.5 Å². The zero-order chi connectivity index (χ0) is 26.0. The quantitative estimate of drug-likeness (QED) is 0.229. The lowest BCUT2D eigenvalue weighted by molar-refractivity contribution is 0.0935. The predicted octanol–water partition coefficient (Wildman–Crippen LogP) is 3.12. The zero-order valence-electron chi connectivity index (χ0n) is 19.3. The fraction of sp³-hybridized carbons (Fsp3) is 0.125. The average Bonchev–Trinajstić information content (AvgIpc) is 3.31. The molecule has 180 valence electrons. The van der Waals surface area contributed by atoms with Gasteiger partial charge in [-0.05, 0) is 37.3 Å². The average molecular weight is 501 g/mol. The van der Waals surface area contributed by atoms with Crippen LogP contribution in [0.25, 0.3) is 22.6 Å². The second kappa shape index (κ2) is 9.81. The number of carbonyl (C=O) groups excluding carboxylic acids is 1. The molecular weight excluding hydrogens is 480 g/mol. The lowest BCUT2D eigenvalue weighted by Crippen LogP contribution is -2.29. The summed E-state index contributed by atoms with van der Waals surface area (Å²) in [5.74, 6) is -0.684. The first kappa shape index (κ1) is 24.3. The number of rotatable bonds is 6. The van der Waals surface area contributed by atoms with Gasteiger partial charge in [0.05, 0.1) is 28.1 Å². The smallest absolute Gasteiger partial charge is 0.274 e. The molecule has 1 unspecified atom stereocenters. The van der Waals surface area contributed by atoms with E-state index in [1.165, 1.54) is 0 Å². The molecule has 36 heavy (non-hydrogen) atoms. The molecule has 1 atom stereocenters. The van der Waals surface area contributed by atoms with Crippen molar-refractivity contribution in [2.75, 3.05) is 11.5 Å². The third-order valence-electron chi connectivity index (χ3n) is 5.36. The van der Waals surface area contributed by atoms with Crippen LogP contribution in [0.2, 0.25) is 5.02 Å². The van der Waals surface area contributed by atoms with Gasteiger partial charge in [0.15, 0.2) is 11.5 Å². The minimum absolute atomic E-state index is 0.100. The molecule has 4 aromatic rings. The minimum Gasteiger partial charge on any atom is -0.397 e. The Bertz CT molecular complexity index is 1540. The summed E-state index contributed by atoms with van der Waals surface area (Å²) >= 11 is 6.32. The van der Waals surface area contributed by atoms with E-state index in [4.69, 9.17) is 33.7 Å². The molecule has 1 aromatic carbocycles. The van der Waals surface area contributed by atoms with Crippen LogP contribution >= 0.6 is 11.6 Å². The van der Waals surface area contributed by atoms with Crippen molar-refractivity contribution in [1.82, 2.24) is 30.0 Å². The van der Waals surface area contributed by atoms with Crippen molar-refractivity contribution >= 4 is 35.2 Å². The normalized spacial score (nSPS) is 11.5. The molecule has 0 aliphatic rings. The Morgan fingerprint density at radius 2 is 2.00 bits per heavy atom. The van der Waals surface area contributed by atoms with Crippen molar-refractivity contribution in [3.63, 3.8) is 0 Å². The molecule has 12 heteroatoms. The molecule has 0 aliphatic carbocycles. The number of hydrogen-bond donors (Lipinski definition) is 4. The highest BCUT2D eigenvalue weighted by molar-refractivity contribution is 6.34. The van der Waals surface area contributed by atoms with E-state index < -0.39 is 11.9 Å². The number of aryl methyl sites for hydroxylation is 1. The van der Waals surface area contributed by atoms with Crippen LogP contribution in [0, 0.1) is 16.7 Å². The zero-order valence-corrected chi connectivity index (χ0v) is 20.1. The highest BCUT2D eigenvalue weighted by Crippen LogP contribution is 2.34. The van der Waals surface area contributed by atoms with Crippen molar-refractivity contribution in [2.45, 2.75) is 13.0 Å². The number of anilines is 2. The SMILES string of the molecule is CC(NC(=O)c1nc(-c2cc(Cl)c(N)c(C=N)c2)c(-c2ccn(C)n2)nc1N)c1cccc(C#N)n1. The van der Waals surface area contributed by atoms with Crippen molar-refractivity contribution in [1.29, 1.82) is 10.7 Å². The second-order valence-corrected chi connectivity index (χ2v) is 8.30. The van der Waals surface area contributed by atoms with Crippen molar-refractivity contribution < 1.29 is 4.79 Å². The molecule has 4 rings (SSSR count). The number of carbonyl (C=O) groups is 1. The number of nitrogen functional groups attached to an aromatic ring is 2. The van der Waals surface area contributed by atoms with Gasteiger partial charge >= 0.3 is 0 Å².